The van der Waals surface area contributed by atoms with Crippen LogP contribution in [0.25, 0.3) is 0 Å². The summed E-state index contributed by atoms with van der Waals surface area (Å²) in [7, 11) is 0. The van der Waals surface area contributed by atoms with Crippen molar-refractivity contribution in [1.82, 2.24) is 15.5 Å². The van der Waals surface area contributed by atoms with E-state index in [1.54, 1.807) is 0 Å². The Bertz CT molecular complexity index is 313. The van der Waals surface area contributed by atoms with Gasteiger partial charge in [-0.1, -0.05) is 20.8 Å². The van der Waals surface area contributed by atoms with Gasteiger partial charge in [0, 0.05) is 12.6 Å². The predicted molar refractivity (Wildman–Crippen MR) is 82.6 cm³/mol. The Labute approximate surface area is 123 Å². The van der Waals surface area contributed by atoms with Crippen LogP contribution < -0.4 is 10.6 Å². The molecule has 2 aliphatic heterocycles. The highest BCUT2D eigenvalue weighted by Crippen LogP contribution is 2.24. The summed E-state index contributed by atoms with van der Waals surface area (Å²) in [4.78, 5) is 14.9. The number of carbonyl (C=O) groups is 1. The smallest absolute Gasteiger partial charge is 0.237 e. The summed E-state index contributed by atoms with van der Waals surface area (Å²) in [6.45, 7) is 10.8. The van der Waals surface area contributed by atoms with Gasteiger partial charge >= 0.3 is 0 Å². The molecule has 0 radical (unpaired) electrons. The lowest BCUT2D eigenvalue weighted by atomic mass is 9.98. The molecule has 2 fully saturated rings. The topological polar surface area (TPSA) is 44.4 Å². The summed E-state index contributed by atoms with van der Waals surface area (Å²) >= 11 is 0. The average molecular weight is 281 g/mol. The van der Waals surface area contributed by atoms with Gasteiger partial charge in [0.1, 0.15) is 0 Å². The molecule has 0 aromatic heterocycles. The molecule has 2 rings (SSSR count). The van der Waals surface area contributed by atoms with Crippen molar-refractivity contribution in [2.75, 3.05) is 26.2 Å². The maximum atomic E-state index is 12.5. The van der Waals surface area contributed by atoms with E-state index in [4.69, 9.17) is 0 Å². The summed E-state index contributed by atoms with van der Waals surface area (Å²) in [6, 6.07) is 0.731. The highest BCUT2D eigenvalue weighted by atomic mass is 16.2. The van der Waals surface area contributed by atoms with Crippen LogP contribution in [0.15, 0.2) is 0 Å². The molecule has 0 aromatic carbocycles. The summed E-state index contributed by atoms with van der Waals surface area (Å²) in [6.07, 6.45) is 4.58. The number of hydrogen-bond donors (Lipinski definition) is 2. The molecule has 2 aliphatic rings. The lowest BCUT2D eigenvalue weighted by molar-refractivity contribution is -0.126. The lowest BCUT2D eigenvalue weighted by Gasteiger charge is -2.35. The van der Waals surface area contributed by atoms with Crippen molar-refractivity contribution in [2.24, 2.45) is 11.8 Å². The largest absolute Gasteiger partial charge is 0.354 e. The van der Waals surface area contributed by atoms with E-state index in [-0.39, 0.29) is 11.9 Å². The first kappa shape index (κ1) is 15.8. The fourth-order valence-electron chi connectivity index (χ4n) is 3.26. The van der Waals surface area contributed by atoms with Crippen LogP contribution >= 0.6 is 0 Å². The van der Waals surface area contributed by atoms with Gasteiger partial charge in [0.05, 0.1) is 6.04 Å². The Kier molecular flexibility index (Phi) is 5.85. The predicted octanol–water partition coefficient (Wildman–Crippen LogP) is 1.61. The first-order chi connectivity index (χ1) is 9.59. The molecule has 116 valence electrons. The third kappa shape index (κ3) is 3.95. The van der Waals surface area contributed by atoms with Gasteiger partial charge in [0.25, 0.3) is 0 Å². The molecule has 2 N–H and O–H groups in total. The molecular formula is C16H31N3O. The standard InChI is InChI=1S/C16H31N3O/c1-12(2)13(3)11-18-16(20)15-5-4-10-19(15)14-6-8-17-9-7-14/h12-15,17H,4-11H2,1-3H3,(H,18,20). The molecule has 4 nitrogen and oxygen atoms in total. The fraction of sp³-hybridized carbons (Fsp3) is 0.938. The molecule has 4 heteroatoms. The highest BCUT2D eigenvalue weighted by molar-refractivity contribution is 5.82. The summed E-state index contributed by atoms with van der Waals surface area (Å²) in [5.41, 5.74) is 0. The van der Waals surface area contributed by atoms with Crippen molar-refractivity contribution < 1.29 is 4.79 Å². The van der Waals surface area contributed by atoms with E-state index in [0.717, 1.165) is 32.6 Å². The Morgan fingerprint density at radius 1 is 1.25 bits per heavy atom. The average Bonchev–Trinajstić information content (AvgIpc) is 2.94. The van der Waals surface area contributed by atoms with Crippen LogP contribution in [0.5, 0.6) is 0 Å². The van der Waals surface area contributed by atoms with Crippen molar-refractivity contribution >= 4 is 5.91 Å². The molecule has 0 saturated carbocycles. The van der Waals surface area contributed by atoms with Crippen LogP contribution in [-0.2, 0) is 4.79 Å². The molecule has 0 aliphatic carbocycles. The highest BCUT2D eigenvalue weighted by Gasteiger charge is 2.35. The number of amides is 1. The Balaban J connectivity index is 1.84. The van der Waals surface area contributed by atoms with Gasteiger partial charge < -0.3 is 10.6 Å². The maximum Gasteiger partial charge on any atom is 0.237 e. The van der Waals surface area contributed by atoms with Crippen molar-refractivity contribution in [1.29, 1.82) is 0 Å². The van der Waals surface area contributed by atoms with E-state index < -0.39 is 0 Å². The van der Waals surface area contributed by atoms with E-state index in [2.05, 4.69) is 36.3 Å². The van der Waals surface area contributed by atoms with Crippen molar-refractivity contribution in [3.8, 4) is 0 Å². The molecule has 20 heavy (non-hydrogen) atoms. The lowest BCUT2D eigenvalue weighted by Crippen LogP contribution is -2.51. The van der Waals surface area contributed by atoms with E-state index in [1.807, 2.05) is 0 Å². The van der Waals surface area contributed by atoms with Gasteiger partial charge in [-0.2, -0.15) is 0 Å². The summed E-state index contributed by atoms with van der Waals surface area (Å²) in [5.74, 6) is 1.43. The number of nitrogens with one attached hydrogen (secondary N) is 2. The van der Waals surface area contributed by atoms with Crippen LogP contribution in [-0.4, -0.2) is 49.1 Å². The third-order valence-corrected chi connectivity index (χ3v) is 5.11. The second-order valence-electron chi connectivity index (χ2n) is 6.84. The minimum atomic E-state index is 0.123. The SMILES string of the molecule is CC(C)C(C)CNC(=O)C1CCCN1C1CCNCC1. The molecule has 2 unspecified atom stereocenters. The van der Waals surface area contributed by atoms with Crippen molar-refractivity contribution in [2.45, 2.75) is 58.5 Å². The van der Waals surface area contributed by atoms with E-state index in [0.29, 0.717) is 17.9 Å². The number of nitrogens with zero attached hydrogens (tertiary/aromatic N) is 1. The first-order valence-corrected chi connectivity index (χ1v) is 8.33. The summed E-state index contributed by atoms with van der Waals surface area (Å²) in [5, 5.41) is 6.59. The van der Waals surface area contributed by atoms with Gasteiger partial charge in [0.2, 0.25) is 5.91 Å². The number of hydrogen-bond acceptors (Lipinski definition) is 3. The minimum Gasteiger partial charge on any atom is -0.354 e. The van der Waals surface area contributed by atoms with E-state index in [9.17, 15) is 4.79 Å². The Morgan fingerprint density at radius 3 is 2.60 bits per heavy atom. The molecule has 2 atom stereocenters. The van der Waals surface area contributed by atoms with Crippen LogP contribution in [0.1, 0.15) is 46.5 Å². The van der Waals surface area contributed by atoms with Crippen LogP contribution in [0.3, 0.4) is 0 Å². The molecule has 2 heterocycles. The van der Waals surface area contributed by atoms with Crippen LogP contribution in [0.4, 0.5) is 0 Å². The van der Waals surface area contributed by atoms with E-state index in [1.165, 1.54) is 19.3 Å². The van der Waals surface area contributed by atoms with Crippen LogP contribution in [0, 0.1) is 11.8 Å². The van der Waals surface area contributed by atoms with Gasteiger partial charge in [-0.15, -0.1) is 0 Å². The quantitative estimate of drug-likeness (QED) is 0.805. The minimum absolute atomic E-state index is 0.123. The monoisotopic (exact) mass is 281 g/mol. The second-order valence-corrected chi connectivity index (χ2v) is 6.84. The zero-order valence-corrected chi connectivity index (χ0v) is 13.3. The van der Waals surface area contributed by atoms with Crippen LogP contribution in [0.2, 0.25) is 0 Å². The molecule has 0 aromatic rings. The number of likely N-dealkylation sites (tertiary alicyclic amines) is 1. The van der Waals surface area contributed by atoms with Crippen molar-refractivity contribution in [3.63, 3.8) is 0 Å². The first-order valence-electron chi connectivity index (χ1n) is 8.33. The maximum absolute atomic E-state index is 12.5. The fourth-order valence-corrected chi connectivity index (χ4v) is 3.26. The zero-order valence-electron chi connectivity index (χ0n) is 13.3. The molecule has 0 spiro atoms. The van der Waals surface area contributed by atoms with Gasteiger partial charge in [0.15, 0.2) is 0 Å². The van der Waals surface area contributed by atoms with Gasteiger partial charge in [-0.05, 0) is 57.2 Å². The normalized spacial score (nSPS) is 26.9. The number of piperidine rings is 1. The summed E-state index contributed by atoms with van der Waals surface area (Å²) < 4.78 is 0. The Hall–Kier alpha value is -0.610. The van der Waals surface area contributed by atoms with Crippen molar-refractivity contribution in [3.05, 3.63) is 0 Å². The zero-order chi connectivity index (χ0) is 14.5. The van der Waals surface area contributed by atoms with Gasteiger partial charge in [-0.25, -0.2) is 0 Å². The molecule has 1 amide bonds. The second kappa shape index (κ2) is 7.41. The third-order valence-electron chi connectivity index (χ3n) is 5.11. The van der Waals surface area contributed by atoms with Gasteiger partial charge in [-0.3, -0.25) is 9.69 Å². The Morgan fingerprint density at radius 2 is 1.95 bits per heavy atom. The number of rotatable bonds is 5. The number of carbonyl (C=O) groups excluding carboxylic acids is 1. The molecule has 0 bridgehead atoms. The van der Waals surface area contributed by atoms with E-state index >= 15 is 0 Å². The molecular weight excluding hydrogens is 250 g/mol. The molecule has 2 saturated heterocycles.